The van der Waals surface area contributed by atoms with Crippen LogP contribution in [0.1, 0.15) is 280 Å². The highest BCUT2D eigenvalue weighted by Gasteiger charge is 2.33. The molecule has 0 saturated heterocycles. The first-order valence-corrected chi connectivity index (χ1v) is 38.6. The number of sulfone groups is 1. The van der Waals surface area contributed by atoms with E-state index in [1.165, 1.54) is 79.1 Å². The summed E-state index contributed by atoms with van der Waals surface area (Å²) >= 11 is 0. The first-order valence-electron chi connectivity index (χ1n) is 36.8. The van der Waals surface area contributed by atoms with Crippen molar-refractivity contribution in [3.8, 4) is 11.1 Å². The quantitative estimate of drug-likeness (QED) is 0.0277. The minimum absolute atomic E-state index is 0.156. The predicted octanol–water partition coefficient (Wildman–Crippen LogP) is 14.8. The summed E-state index contributed by atoms with van der Waals surface area (Å²) in [6.45, 7) is 14.7. The highest BCUT2D eigenvalue weighted by atomic mass is 32.2. The average molecular weight is 1350 g/mol. The predicted molar refractivity (Wildman–Crippen MR) is 383 cm³/mol. The third-order valence-electron chi connectivity index (χ3n) is 21.5. The number of unbranched alkanes of at least 4 members (excludes halogenated alkanes) is 4. The van der Waals surface area contributed by atoms with Gasteiger partial charge in [0.25, 0.3) is 0 Å². The van der Waals surface area contributed by atoms with Crippen molar-refractivity contribution < 1.29 is 38.4 Å². The minimum atomic E-state index is -3.37. The number of rotatable bonds is 24. The number of Topliss-reactive ketones (excluding diaryl/α,β-unsaturated/α-hetero) is 1. The number of ketones is 1. The van der Waals surface area contributed by atoms with Crippen LogP contribution in [-0.4, -0.2) is 132 Å². The lowest BCUT2D eigenvalue weighted by Crippen LogP contribution is -2.20. The molecule has 5 aliphatic rings. The molecular formula is C75H109N13O8S. The van der Waals surface area contributed by atoms with Gasteiger partial charge in [-0.2, -0.15) is 0 Å². The normalized spacial score (nSPS) is 24.1. The molecule has 97 heavy (non-hydrogen) atoms. The lowest BCUT2D eigenvalue weighted by molar-refractivity contribution is -0.142. The zero-order chi connectivity index (χ0) is 68.9. The number of carbonyl (C=O) groups is 2. The Morgan fingerprint density at radius 3 is 1.42 bits per heavy atom. The van der Waals surface area contributed by atoms with Crippen LogP contribution >= 0.6 is 0 Å². The maximum absolute atomic E-state index is 12.0. The number of carboxylic acid groups (broad SMARTS) is 1. The van der Waals surface area contributed by atoms with Crippen molar-refractivity contribution in [1.82, 2.24) is 48.8 Å². The molecule has 0 amide bonds. The monoisotopic (exact) mass is 1350 g/mol. The van der Waals surface area contributed by atoms with Crippen molar-refractivity contribution in [3.05, 3.63) is 89.5 Å². The topological polar surface area (TPSA) is 289 Å². The number of fused-ring (bicyclic) bond motifs is 3. The molecule has 0 radical (unpaired) electrons. The SMILES string of the molecule is CCCCC[C@H](C)Nc1ncc2c(C3=CCC(C(C)=O)CC3)cc(C3CCC(O)CC3)n2n1.CCCCC[C@H](C)Nc1ncc2c(C3CCC(C(=O)O)CC3)cc(C3CCC(O)CC3)n2n1.CC[C@H](C)Nc1ncc2c(-c3cncc(S(C)(=O)=O)c3)cc(C3CCC(O)CC3)n2n1. The molecule has 0 spiro atoms. The van der Waals surface area contributed by atoms with Gasteiger partial charge in [0.1, 0.15) is 5.78 Å². The zero-order valence-electron chi connectivity index (χ0n) is 58.8. The second-order valence-electron chi connectivity index (χ2n) is 29.1. The van der Waals surface area contributed by atoms with E-state index in [0.717, 1.165) is 169 Å². The van der Waals surface area contributed by atoms with Gasteiger partial charge in [0.2, 0.25) is 17.8 Å². The molecule has 528 valence electrons. The van der Waals surface area contributed by atoms with E-state index in [9.17, 15) is 38.4 Å². The fourth-order valence-electron chi connectivity index (χ4n) is 15.2. The summed E-state index contributed by atoms with van der Waals surface area (Å²) < 4.78 is 30.2. The van der Waals surface area contributed by atoms with Gasteiger partial charge in [-0.3, -0.25) is 14.6 Å². The van der Waals surface area contributed by atoms with Gasteiger partial charge in [-0.1, -0.05) is 65.4 Å². The second kappa shape index (κ2) is 33.8. The van der Waals surface area contributed by atoms with Crippen LogP contribution in [0.4, 0.5) is 17.8 Å². The maximum Gasteiger partial charge on any atom is 0.306 e. The third-order valence-corrected chi connectivity index (χ3v) is 22.6. The Labute approximate surface area is 573 Å². The molecule has 1 unspecified atom stereocenters. The number of nitrogens with one attached hydrogen (secondary N) is 3. The Morgan fingerprint density at radius 1 is 0.536 bits per heavy atom. The van der Waals surface area contributed by atoms with E-state index < -0.39 is 15.8 Å². The largest absolute Gasteiger partial charge is 0.481 e. The molecule has 0 aliphatic heterocycles. The fraction of sp³-hybridized carbons (Fsp3) is 0.640. The molecule has 4 atom stereocenters. The zero-order valence-corrected chi connectivity index (χ0v) is 59.6. The van der Waals surface area contributed by atoms with E-state index in [2.05, 4.69) is 111 Å². The molecule has 7 aromatic heterocycles. The number of hydrogen-bond acceptors (Lipinski definition) is 17. The summed E-state index contributed by atoms with van der Waals surface area (Å²) in [5, 5.41) is 64.3. The number of allylic oxidation sites excluding steroid dienone is 2. The number of carboxylic acids is 1. The van der Waals surface area contributed by atoms with E-state index in [0.29, 0.717) is 59.0 Å². The number of anilines is 3. The maximum atomic E-state index is 12.0. The Hall–Kier alpha value is -6.88. The summed E-state index contributed by atoms with van der Waals surface area (Å²) in [5.74, 6) is 2.88. The molecule has 0 aromatic carbocycles. The molecule has 22 heteroatoms. The van der Waals surface area contributed by atoms with Crippen LogP contribution in [0.3, 0.4) is 0 Å². The lowest BCUT2D eigenvalue weighted by Gasteiger charge is -2.26. The Kier molecular flexibility index (Phi) is 25.4. The highest BCUT2D eigenvalue weighted by Crippen LogP contribution is 2.44. The van der Waals surface area contributed by atoms with Crippen LogP contribution in [-0.2, 0) is 19.4 Å². The van der Waals surface area contributed by atoms with Crippen LogP contribution < -0.4 is 16.0 Å². The minimum Gasteiger partial charge on any atom is -0.481 e. The third kappa shape index (κ3) is 18.7. The molecule has 7 N–H and O–H groups in total. The number of nitrogens with zero attached hydrogens (tertiary/aromatic N) is 10. The molecule has 4 saturated carbocycles. The number of aliphatic hydroxyl groups is 3. The Balaban J connectivity index is 0.000000158. The smallest absolute Gasteiger partial charge is 0.306 e. The molecule has 21 nitrogen and oxygen atoms in total. The van der Waals surface area contributed by atoms with Gasteiger partial charge < -0.3 is 36.4 Å². The summed E-state index contributed by atoms with van der Waals surface area (Å²) in [5.41, 5.74) is 11.8. The summed E-state index contributed by atoms with van der Waals surface area (Å²) in [6.07, 6.45) is 38.6. The lowest BCUT2D eigenvalue weighted by atomic mass is 9.78. The van der Waals surface area contributed by atoms with E-state index >= 15 is 0 Å². The molecule has 4 fully saturated rings. The molecular weight excluding hydrogens is 1240 g/mol. The van der Waals surface area contributed by atoms with Crippen LogP contribution in [0.5, 0.6) is 0 Å². The molecule has 12 rings (SSSR count). The number of pyridine rings is 1. The Bertz CT molecular complexity index is 3890. The van der Waals surface area contributed by atoms with E-state index in [1.54, 1.807) is 25.4 Å². The Morgan fingerprint density at radius 2 is 0.979 bits per heavy atom. The second-order valence-corrected chi connectivity index (χ2v) is 31.1. The number of aliphatic carboxylic acids is 1. The van der Waals surface area contributed by atoms with Crippen molar-refractivity contribution in [2.45, 2.75) is 293 Å². The first kappa shape index (κ1) is 72.9. The van der Waals surface area contributed by atoms with Crippen molar-refractivity contribution >= 4 is 61.6 Å². The van der Waals surface area contributed by atoms with Crippen molar-refractivity contribution in [1.29, 1.82) is 0 Å². The molecule has 7 aromatic rings. The number of carbonyl (C=O) groups excluding carboxylic acids is 1. The molecule has 7 heterocycles. The van der Waals surface area contributed by atoms with Gasteiger partial charge in [-0.05, 0) is 210 Å². The van der Waals surface area contributed by atoms with Gasteiger partial charge in [0.15, 0.2) is 9.84 Å². The van der Waals surface area contributed by atoms with Crippen LogP contribution in [0.25, 0.3) is 33.3 Å². The first-order chi connectivity index (χ1) is 46.7. The number of hydrogen-bond donors (Lipinski definition) is 7. The summed E-state index contributed by atoms with van der Waals surface area (Å²) in [4.78, 5) is 41.4. The van der Waals surface area contributed by atoms with Crippen molar-refractivity contribution in [2.24, 2.45) is 11.8 Å². The van der Waals surface area contributed by atoms with Crippen LogP contribution in [0.2, 0.25) is 0 Å². The standard InChI is InChI=1S/C27H40N4O2.C26H40N4O3.C22H29N5O3S/c1-4-5-6-7-18(2)29-27-28-17-26-24(21-10-8-20(9-11-21)19(3)32)16-25(31(26)30-27)22-12-14-23(33)15-13-22;1-3-4-5-6-17(2)28-26-27-16-24-22(18-7-9-20(10-8-18)25(32)33)15-23(30(24)29-26)19-11-13-21(31)14-12-19;1-4-14(2)25-22-24-13-21-19(16-9-18(12-23-11-16)31(3,29)30)10-20(27(21)26-22)15-5-7-17(28)8-6-15/h10,16-18,20,22-23,33H,4-9,11-15H2,1-3H3,(H,29,30);15-21,31H,3-14H2,1-2H3,(H,28,29)(H,32,33);9-15,17,28H,4-8H2,1-3H3,(H,25,26)/t18-,20?,22?,23?;17-,18?,19?,20?,21?;14-,15?,17?/m000/s1. The van der Waals surface area contributed by atoms with Gasteiger partial charge in [-0.15, -0.1) is 15.3 Å². The molecule has 5 aliphatic carbocycles. The average Bonchev–Trinajstić information content (AvgIpc) is 1.64. The van der Waals surface area contributed by atoms with E-state index in [4.69, 9.17) is 15.3 Å². The van der Waals surface area contributed by atoms with Crippen molar-refractivity contribution in [3.63, 3.8) is 0 Å². The van der Waals surface area contributed by atoms with E-state index in [-0.39, 0.29) is 47.0 Å². The van der Waals surface area contributed by atoms with Gasteiger partial charge in [0.05, 0.1) is 64.3 Å². The van der Waals surface area contributed by atoms with E-state index in [1.807, 2.05) is 16.9 Å². The van der Waals surface area contributed by atoms with Gasteiger partial charge in [0, 0.05) is 94.2 Å². The number of aliphatic hydroxyl groups excluding tert-OH is 3. The van der Waals surface area contributed by atoms with Gasteiger partial charge in [-0.25, -0.2) is 36.9 Å². The molecule has 0 bridgehead atoms. The number of aromatic nitrogens is 10. The summed E-state index contributed by atoms with van der Waals surface area (Å²) in [6, 6.07) is 9.25. The summed E-state index contributed by atoms with van der Waals surface area (Å²) in [7, 11) is -3.37. The van der Waals surface area contributed by atoms with Gasteiger partial charge >= 0.3 is 5.97 Å². The highest BCUT2D eigenvalue weighted by molar-refractivity contribution is 7.90. The fourth-order valence-corrected chi connectivity index (χ4v) is 15.8. The van der Waals surface area contributed by atoms with Crippen molar-refractivity contribution in [2.75, 3.05) is 22.2 Å². The van der Waals surface area contributed by atoms with Crippen LogP contribution in [0, 0.1) is 11.8 Å². The van der Waals surface area contributed by atoms with Crippen LogP contribution in [0.15, 0.2) is 66.2 Å².